The molecule has 20 heavy (non-hydrogen) atoms. The predicted octanol–water partition coefficient (Wildman–Crippen LogP) is 2.84. The van der Waals surface area contributed by atoms with Gasteiger partial charge in [-0.15, -0.1) is 0 Å². The second kappa shape index (κ2) is 5.21. The van der Waals surface area contributed by atoms with E-state index in [1.807, 2.05) is 51.1 Å². The number of rotatable bonds is 4. The van der Waals surface area contributed by atoms with Crippen LogP contribution >= 0.6 is 0 Å². The van der Waals surface area contributed by atoms with Gasteiger partial charge in [0.15, 0.2) is 0 Å². The number of pyridine rings is 1. The molecule has 2 aromatic rings. The van der Waals surface area contributed by atoms with Crippen LogP contribution in [0.15, 0.2) is 30.3 Å². The number of hydrogen-bond donors (Lipinski definition) is 2. The first-order chi connectivity index (χ1) is 9.29. The Morgan fingerprint density at radius 3 is 2.65 bits per heavy atom. The molecular formula is C16H20N2O2. The first kappa shape index (κ1) is 14.5. The molecule has 1 aromatic heterocycles. The van der Waals surface area contributed by atoms with E-state index in [1.54, 1.807) is 0 Å². The Balaban J connectivity index is 2.66. The average Bonchev–Trinajstić information content (AvgIpc) is 2.33. The first-order valence-electron chi connectivity index (χ1n) is 6.66. The van der Waals surface area contributed by atoms with Crippen molar-refractivity contribution >= 4 is 16.9 Å². The number of carbonyl (C=O) groups is 1. The number of carboxylic acid groups (broad SMARTS) is 1. The van der Waals surface area contributed by atoms with Gasteiger partial charge in [0.1, 0.15) is 0 Å². The molecule has 0 saturated heterocycles. The fourth-order valence-electron chi connectivity index (χ4n) is 2.58. The molecule has 1 unspecified atom stereocenters. The summed E-state index contributed by atoms with van der Waals surface area (Å²) in [6, 6.07) is 9.72. The maximum absolute atomic E-state index is 11.2. The Hall–Kier alpha value is -1.94. The highest BCUT2D eigenvalue weighted by atomic mass is 16.4. The van der Waals surface area contributed by atoms with E-state index < -0.39 is 11.5 Å². The van der Waals surface area contributed by atoms with Crippen molar-refractivity contribution in [3.63, 3.8) is 0 Å². The normalized spacial score (nSPS) is 13.4. The van der Waals surface area contributed by atoms with E-state index in [1.165, 1.54) is 0 Å². The van der Waals surface area contributed by atoms with E-state index in [4.69, 9.17) is 5.73 Å². The van der Waals surface area contributed by atoms with Crippen molar-refractivity contribution in [2.75, 3.05) is 0 Å². The van der Waals surface area contributed by atoms with Gasteiger partial charge in [-0.1, -0.05) is 18.2 Å². The summed E-state index contributed by atoms with van der Waals surface area (Å²) in [4.78, 5) is 15.7. The van der Waals surface area contributed by atoms with E-state index in [0.29, 0.717) is 0 Å². The zero-order valence-electron chi connectivity index (χ0n) is 12.1. The van der Waals surface area contributed by atoms with Crippen molar-refractivity contribution < 1.29 is 9.90 Å². The highest BCUT2D eigenvalue weighted by molar-refractivity contribution is 5.84. The number of nitrogens with zero attached hydrogens (tertiary/aromatic N) is 1. The third-order valence-corrected chi connectivity index (χ3v) is 3.53. The Labute approximate surface area is 118 Å². The van der Waals surface area contributed by atoms with Crippen molar-refractivity contribution in [3.8, 4) is 0 Å². The summed E-state index contributed by atoms with van der Waals surface area (Å²) in [7, 11) is 0. The van der Waals surface area contributed by atoms with E-state index >= 15 is 0 Å². The molecule has 0 amide bonds. The SMILES string of the molecule is Cc1cc(C(CC(=O)O)C(C)(C)N)c2ccccc2n1. The maximum atomic E-state index is 11.2. The summed E-state index contributed by atoms with van der Waals surface area (Å²) in [6.45, 7) is 5.65. The summed E-state index contributed by atoms with van der Waals surface area (Å²) in [6.07, 6.45) is 0.0109. The molecule has 0 spiro atoms. The van der Waals surface area contributed by atoms with Crippen LogP contribution in [0.1, 0.15) is 37.4 Å². The van der Waals surface area contributed by atoms with Crippen LogP contribution in [-0.4, -0.2) is 21.6 Å². The molecule has 3 N–H and O–H groups in total. The molecule has 4 nitrogen and oxygen atoms in total. The van der Waals surface area contributed by atoms with Crippen molar-refractivity contribution in [2.45, 2.75) is 38.6 Å². The van der Waals surface area contributed by atoms with Gasteiger partial charge in [-0.3, -0.25) is 9.78 Å². The summed E-state index contributed by atoms with van der Waals surface area (Å²) >= 11 is 0. The lowest BCUT2D eigenvalue weighted by molar-refractivity contribution is -0.137. The van der Waals surface area contributed by atoms with E-state index in [9.17, 15) is 9.90 Å². The molecule has 4 heteroatoms. The van der Waals surface area contributed by atoms with Crippen LogP contribution < -0.4 is 5.73 Å². The van der Waals surface area contributed by atoms with Gasteiger partial charge in [0.05, 0.1) is 11.9 Å². The molecule has 1 atom stereocenters. The van der Waals surface area contributed by atoms with Gasteiger partial charge in [0.2, 0.25) is 0 Å². The van der Waals surface area contributed by atoms with E-state index in [2.05, 4.69) is 4.98 Å². The number of aryl methyl sites for hydroxylation is 1. The van der Waals surface area contributed by atoms with Gasteiger partial charge >= 0.3 is 5.97 Å². The quantitative estimate of drug-likeness (QED) is 0.897. The number of benzene rings is 1. The van der Waals surface area contributed by atoms with Crippen molar-refractivity contribution in [1.82, 2.24) is 4.98 Å². The molecule has 0 aliphatic carbocycles. The standard InChI is InChI=1S/C16H20N2O2/c1-10-8-12(11-6-4-5-7-14(11)18-10)13(9-15(19)20)16(2,3)17/h4-8,13H,9,17H2,1-3H3,(H,19,20). The van der Waals surface area contributed by atoms with Gasteiger partial charge in [-0.2, -0.15) is 0 Å². The number of fused-ring (bicyclic) bond motifs is 1. The molecule has 106 valence electrons. The second-order valence-electron chi connectivity index (χ2n) is 5.84. The highest BCUT2D eigenvalue weighted by Gasteiger charge is 2.30. The molecule has 1 heterocycles. The number of aliphatic carboxylic acids is 1. The lowest BCUT2D eigenvalue weighted by Crippen LogP contribution is -2.40. The highest BCUT2D eigenvalue weighted by Crippen LogP contribution is 2.34. The van der Waals surface area contributed by atoms with Gasteiger partial charge in [-0.25, -0.2) is 0 Å². The van der Waals surface area contributed by atoms with Crippen LogP contribution in [0, 0.1) is 6.92 Å². The van der Waals surface area contributed by atoms with Crippen molar-refractivity contribution in [2.24, 2.45) is 5.73 Å². The summed E-state index contributed by atoms with van der Waals surface area (Å²) in [5.41, 5.74) is 8.31. The Bertz CT molecular complexity index is 644. The van der Waals surface area contributed by atoms with Gasteiger partial charge < -0.3 is 10.8 Å². The minimum Gasteiger partial charge on any atom is -0.481 e. The van der Waals surface area contributed by atoms with E-state index in [0.717, 1.165) is 22.2 Å². The molecule has 0 saturated carbocycles. The van der Waals surface area contributed by atoms with Crippen molar-refractivity contribution in [3.05, 3.63) is 41.6 Å². The largest absolute Gasteiger partial charge is 0.481 e. The summed E-state index contributed by atoms with van der Waals surface area (Å²) in [5, 5.41) is 10.2. The Morgan fingerprint density at radius 2 is 2.05 bits per heavy atom. The first-order valence-corrected chi connectivity index (χ1v) is 6.66. The van der Waals surface area contributed by atoms with Crippen LogP contribution in [0.5, 0.6) is 0 Å². The monoisotopic (exact) mass is 272 g/mol. The molecule has 0 aliphatic heterocycles. The summed E-state index contributed by atoms with van der Waals surface area (Å²) in [5.74, 6) is -1.10. The Kier molecular flexibility index (Phi) is 3.77. The fraction of sp³-hybridized carbons (Fsp3) is 0.375. The third kappa shape index (κ3) is 2.96. The molecule has 0 bridgehead atoms. The molecule has 0 radical (unpaired) electrons. The zero-order chi connectivity index (χ0) is 14.9. The van der Waals surface area contributed by atoms with Crippen LogP contribution in [0.25, 0.3) is 10.9 Å². The molecule has 2 rings (SSSR count). The topological polar surface area (TPSA) is 76.2 Å². The number of nitrogens with two attached hydrogens (primary N) is 1. The minimum atomic E-state index is -0.841. The number of aromatic nitrogens is 1. The molecule has 0 aliphatic rings. The smallest absolute Gasteiger partial charge is 0.304 e. The zero-order valence-corrected chi connectivity index (χ0v) is 12.1. The molecule has 0 fully saturated rings. The third-order valence-electron chi connectivity index (χ3n) is 3.53. The van der Waals surface area contributed by atoms with Gasteiger partial charge in [-0.05, 0) is 38.5 Å². The van der Waals surface area contributed by atoms with Crippen LogP contribution in [-0.2, 0) is 4.79 Å². The van der Waals surface area contributed by atoms with E-state index in [-0.39, 0.29) is 12.3 Å². The maximum Gasteiger partial charge on any atom is 0.304 e. The van der Waals surface area contributed by atoms with Gasteiger partial charge in [0.25, 0.3) is 0 Å². The Morgan fingerprint density at radius 1 is 1.40 bits per heavy atom. The lowest BCUT2D eigenvalue weighted by atomic mass is 9.79. The van der Waals surface area contributed by atoms with Gasteiger partial charge in [0, 0.05) is 22.5 Å². The fourth-order valence-corrected chi connectivity index (χ4v) is 2.58. The summed E-state index contributed by atoms with van der Waals surface area (Å²) < 4.78 is 0. The number of para-hydroxylation sites is 1. The second-order valence-corrected chi connectivity index (χ2v) is 5.84. The van der Waals surface area contributed by atoms with Crippen LogP contribution in [0.2, 0.25) is 0 Å². The molecule has 1 aromatic carbocycles. The average molecular weight is 272 g/mol. The predicted molar refractivity (Wildman–Crippen MR) is 79.7 cm³/mol. The molecular weight excluding hydrogens is 252 g/mol. The minimum absolute atomic E-state index is 0.0109. The lowest BCUT2D eigenvalue weighted by Gasteiger charge is -2.31. The van der Waals surface area contributed by atoms with Crippen LogP contribution in [0.3, 0.4) is 0 Å². The number of hydrogen-bond acceptors (Lipinski definition) is 3. The number of carboxylic acids is 1. The van der Waals surface area contributed by atoms with Crippen LogP contribution in [0.4, 0.5) is 0 Å². The van der Waals surface area contributed by atoms with Crippen molar-refractivity contribution in [1.29, 1.82) is 0 Å².